The fourth-order valence-electron chi connectivity index (χ4n) is 3.41. The topological polar surface area (TPSA) is 93.5 Å². The molecule has 0 bridgehead atoms. The lowest BCUT2D eigenvalue weighted by Crippen LogP contribution is -2.64. The van der Waals surface area contributed by atoms with Crippen LogP contribution in [-0.2, 0) is 22.0 Å². The van der Waals surface area contributed by atoms with Crippen LogP contribution in [0.1, 0.15) is 27.2 Å². The van der Waals surface area contributed by atoms with Crippen LogP contribution < -0.4 is 9.03 Å². The molecule has 1 N–H and O–H groups in total. The van der Waals surface area contributed by atoms with E-state index in [-0.39, 0.29) is 16.7 Å². The van der Waals surface area contributed by atoms with Crippen LogP contribution in [0.25, 0.3) is 0 Å². The van der Waals surface area contributed by atoms with Crippen molar-refractivity contribution in [3.05, 3.63) is 12.4 Å². The number of carbonyl (C=O) groups is 1. The number of likely N-dealkylation sites (tertiary alicyclic amines) is 1. The van der Waals surface area contributed by atoms with Gasteiger partial charge in [0.05, 0.1) is 26.0 Å². The number of nitrogens with zero attached hydrogens (tertiary/aromatic N) is 4. The molecule has 1 saturated heterocycles. The summed E-state index contributed by atoms with van der Waals surface area (Å²) in [7, 11) is 0.266. The Morgan fingerprint density at radius 2 is 2.04 bits per heavy atom. The van der Waals surface area contributed by atoms with Gasteiger partial charge in [0.2, 0.25) is 0 Å². The highest BCUT2D eigenvalue weighted by atomic mass is 32.2. The maximum Gasteiger partial charge on any atom is 0.422 e. The standard InChI is InChI=1S/C16H27F2N5O4S/c1-15(2,3)27-14(24)20-28(25,26)22(13-8-19-21(4)9-13)12-7-16(17,18)11-23(5,6)10-12/h8-9,12H,7,10-11H2,1-6H3/p+1. The molecule has 1 aliphatic heterocycles. The Balaban J connectivity index is 2.41. The molecular formula is C16H28F2N5O4S+. The molecule has 12 heteroatoms. The summed E-state index contributed by atoms with van der Waals surface area (Å²) >= 11 is 0. The molecule has 1 atom stereocenters. The molecule has 160 valence electrons. The third-order valence-electron chi connectivity index (χ3n) is 4.05. The predicted molar refractivity (Wildman–Crippen MR) is 99.2 cm³/mol. The monoisotopic (exact) mass is 424 g/mol. The number of halogens is 2. The van der Waals surface area contributed by atoms with E-state index in [4.69, 9.17) is 4.74 Å². The number of carbonyl (C=O) groups excluding carboxylic acids is 1. The number of nitrogens with one attached hydrogen (secondary N) is 1. The molecule has 0 saturated carbocycles. The van der Waals surface area contributed by atoms with Gasteiger partial charge < -0.3 is 9.22 Å². The van der Waals surface area contributed by atoms with Gasteiger partial charge in [0, 0.05) is 19.7 Å². The molecule has 1 aliphatic rings. The number of amides is 1. The largest absolute Gasteiger partial charge is 0.443 e. The van der Waals surface area contributed by atoms with Gasteiger partial charge in [-0.2, -0.15) is 13.5 Å². The van der Waals surface area contributed by atoms with Crippen molar-refractivity contribution in [2.45, 2.75) is 44.8 Å². The Morgan fingerprint density at radius 1 is 1.43 bits per heavy atom. The first-order chi connectivity index (χ1) is 12.5. The highest BCUT2D eigenvalue weighted by Crippen LogP contribution is 2.34. The van der Waals surface area contributed by atoms with Gasteiger partial charge in [0.15, 0.2) is 0 Å². The third kappa shape index (κ3) is 5.77. The summed E-state index contributed by atoms with van der Waals surface area (Å²) in [6.07, 6.45) is 0.790. The van der Waals surface area contributed by atoms with Gasteiger partial charge in [0.1, 0.15) is 24.7 Å². The number of piperidine rings is 1. The Labute approximate surface area is 164 Å². The SMILES string of the molecule is Cn1cc(N(C2CC(F)(F)C[N+](C)(C)C2)S(=O)(=O)NC(=O)OC(C)(C)C)cn1. The molecule has 1 fully saturated rings. The molecule has 2 heterocycles. The highest BCUT2D eigenvalue weighted by Gasteiger charge is 2.50. The Morgan fingerprint density at radius 3 is 2.50 bits per heavy atom. The summed E-state index contributed by atoms with van der Waals surface area (Å²) in [5.74, 6) is -3.06. The summed E-state index contributed by atoms with van der Waals surface area (Å²) < 4.78 is 63.5. The fraction of sp³-hybridized carbons (Fsp3) is 0.750. The number of aromatic nitrogens is 2. The van der Waals surface area contributed by atoms with Gasteiger partial charge in [-0.1, -0.05) is 0 Å². The van der Waals surface area contributed by atoms with Crippen LogP contribution in [0.15, 0.2) is 12.4 Å². The van der Waals surface area contributed by atoms with Crippen molar-refractivity contribution in [2.24, 2.45) is 7.05 Å². The molecule has 0 aromatic carbocycles. The molecule has 1 aromatic heterocycles. The molecule has 0 spiro atoms. The number of rotatable bonds is 4. The van der Waals surface area contributed by atoms with Gasteiger partial charge in [0.25, 0.3) is 5.92 Å². The molecular weight excluding hydrogens is 396 g/mol. The van der Waals surface area contributed by atoms with Gasteiger partial charge in [-0.15, -0.1) is 0 Å². The van der Waals surface area contributed by atoms with E-state index in [1.807, 2.05) is 4.72 Å². The Hall–Kier alpha value is -1.95. The van der Waals surface area contributed by atoms with Gasteiger partial charge in [-0.05, 0) is 20.8 Å². The maximum absolute atomic E-state index is 14.3. The van der Waals surface area contributed by atoms with Crippen molar-refractivity contribution in [2.75, 3.05) is 31.5 Å². The van der Waals surface area contributed by atoms with Crippen LogP contribution in [-0.4, -0.2) is 73.5 Å². The molecule has 0 aliphatic carbocycles. The second kappa shape index (κ2) is 7.14. The fourth-order valence-corrected chi connectivity index (χ4v) is 4.67. The van der Waals surface area contributed by atoms with Crippen molar-refractivity contribution in [3.8, 4) is 0 Å². The van der Waals surface area contributed by atoms with Gasteiger partial charge >= 0.3 is 16.3 Å². The molecule has 1 unspecified atom stereocenters. The second-order valence-corrected chi connectivity index (χ2v) is 10.3. The number of likely N-dealkylation sites (N-methyl/N-ethyl adjacent to an activating group) is 1. The Bertz CT molecular complexity index is 816. The van der Waals surface area contributed by atoms with Crippen LogP contribution in [0.3, 0.4) is 0 Å². The van der Waals surface area contributed by atoms with E-state index in [9.17, 15) is 22.0 Å². The molecule has 28 heavy (non-hydrogen) atoms. The van der Waals surface area contributed by atoms with Crippen LogP contribution in [0.4, 0.5) is 19.3 Å². The molecule has 9 nitrogen and oxygen atoms in total. The normalized spacial score (nSPS) is 21.8. The number of ether oxygens (including phenoxy) is 1. The maximum atomic E-state index is 14.3. The number of quaternary nitrogens is 1. The summed E-state index contributed by atoms with van der Waals surface area (Å²) in [4.78, 5) is 12.0. The zero-order valence-electron chi connectivity index (χ0n) is 16.9. The van der Waals surface area contributed by atoms with Crippen molar-refractivity contribution < 1.29 is 31.2 Å². The quantitative estimate of drug-likeness (QED) is 0.739. The number of hydrogen-bond acceptors (Lipinski definition) is 5. The number of anilines is 1. The number of hydrogen-bond donors (Lipinski definition) is 1. The van der Waals surface area contributed by atoms with E-state index in [0.29, 0.717) is 0 Å². The van der Waals surface area contributed by atoms with E-state index in [0.717, 1.165) is 4.31 Å². The number of aryl methyl sites for hydroxylation is 1. The zero-order chi connectivity index (χ0) is 21.5. The summed E-state index contributed by atoms with van der Waals surface area (Å²) in [5.41, 5.74) is -0.837. The smallest absolute Gasteiger partial charge is 0.422 e. The number of alkyl halides is 2. The first kappa shape index (κ1) is 22.3. The van der Waals surface area contributed by atoms with Crippen LogP contribution in [0.5, 0.6) is 0 Å². The van der Waals surface area contributed by atoms with E-state index in [2.05, 4.69) is 5.10 Å². The predicted octanol–water partition coefficient (Wildman–Crippen LogP) is 1.48. The van der Waals surface area contributed by atoms with Crippen molar-refractivity contribution in [3.63, 3.8) is 0 Å². The molecule has 1 amide bonds. The van der Waals surface area contributed by atoms with Crippen LogP contribution in [0.2, 0.25) is 0 Å². The van der Waals surface area contributed by atoms with Gasteiger partial charge in [-0.25, -0.2) is 22.6 Å². The minimum atomic E-state index is -4.52. The minimum absolute atomic E-state index is 0.0730. The zero-order valence-corrected chi connectivity index (χ0v) is 17.8. The summed E-state index contributed by atoms with van der Waals surface area (Å²) in [6, 6.07) is -1.08. The lowest BCUT2D eigenvalue weighted by molar-refractivity contribution is -0.904. The van der Waals surface area contributed by atoms with Crippen molar-refractivity contribution in [1.82, 2.24) is 14.5 Å². The lowest BCUT2D eigenvalue weighted by Gasteiger charge is -2.44. The summed E-state index contributed by atoms with van der Waals surface area (Å²) in [6.45, 7) is 4.49. The molecule has 2 rings (SSSR count). The van der Waals surface area contributed by atoms with E-state index >= 15 is 0 Å². The van der Waals surface area contributed by atoms with Crippen LogP contribution >= 0.6 is 0 Å². The molecule has 0 radical (unpaired) electrons. The van der Waals surface area contributed by atoms with Gasteiger partial charge in [-0.3, -0.25) is 4.68 Å². The van der Waals surface area contributed by atoms with E-state index < -0.39 is 46.8 Å². The Kier molecular flexibility index (Phi) is 5.70. The minimum Gasteiger partial charge on any atom is -0.443 e. The third-order valence-corrected chi connectivity index (χ3v) is 5.50. The van der Waals surface area contributed by atoms with E-state index in [1.54, 1.807) is 41.9 Å². The average Bonchev–Trinajstić information content (AvgIpc) is 2.77. The second-order valence-electron chi connectivity index (χ2n) is 8.77. The van der Waals surface area contributed by atoms with Crippen LogP contribution in [0, 0.1) is 0 Å². The van der Waals surface area contributed by atoms with E-state index in [1.165, 1.54) is 17.1 Å². The average molecular weight is 424 g/mol. The van der Waals surface area contributed by atoms with Crippen molar-refractivity contribution >= 4 is 22.0 Å². The molecule has 1 aromatic rings. The first-order valence-electron chi connectivity index (χ1n) is 8.73. The highest BCUT2D eigenvalue weighted by molar-refractivity contribution is 7.91. The van der Waals surface area contributed by atoms with Crippen molar-refractivity contribution in [1.29, 1.82) is 0 Å². The first-order valence-corrected chi connectivity index (χ1v) is 10.2. The lowest BCUT2D eigenvalue weighted by atomic mass is 10.0. The summed E-state index contributed by atoms with van der Waals surface area (Å²) in [5, 5.41) is 3.93.